The van der Waals surface area contributed by atoms with Crippen molar-refractivity contribution in [2.24, 2.45) is 0 Å². The van der Waals surface area contributed by atoms with Crippen LogP contribution in [-0.4, -0.2) is 23.7 Å². The van der Waals surface area contributed by atoms with Gasteiger partial charge in [-0.2, -0.15) is 0 Å². The van der Waals surface area contributed by atoms with E-state index in [2.05, 4.69) is 132 Å². The Morgan fingerprint density at radius 3 is 1.34 bits per heavy atom. The average molecular weight is 651 g/mol. The minimum atomic E-state index is -1.70. The van der Waals surface area contributed by atoms with Gasteiger partial charge in [0.1, 0.15) is 0 Å². The summed E-state index contributed by atoms with van der Waals surface area (Å²) >= 11 is 5.37. The summed E-state index contributed by atoms with van der Waals surface area (Å²) < 4.78 is 8.36. The van der Waals surface area contributed by atoms with Crippen molar-refractivity contribution in [2.75, 3.05) is 0 Å². The lowest BCUT2D eigenvalue weighted by atomic mass is 10.1. The maximum Gasteiger partial charge on any atom is 0.186 e. The molecule has 2 rings (SSSR count). The zero-order valence-corrected chi connectivity index (χ0v) is 24.7. The second-order valence-electron chi connectivity index (χ2n) is 9.00. The van der Waals surface area contributed by atoms with Crippen LogP contribution in [0.2, 0.25) is 26.2 Å². The van der Waals surface area contributed by atoms with Crippen LogP contribution in [-0.2, 0) is 17.0 Å². The Labute approximate surface area is 208 Å². The molecule has 0 aromatic heterocycles. The summed E-state index contributed by atoms with van der Waals surface area (Å²) in [5.41, 5.74) is 2.91. The first-order chi connectivity index (χ1) is 13.7. The molecule has 0 aliphatic rings. The summed E-state index contributed by atoms with van der Waals surface area (Å²) in [5, 5.41) is 0. The Morgan fingerprint density at radius 2 is 1.00 bits per heavy atom. The number of benzene rings is 2. The monoisotopic (exact) mass is 650 g/mol. The van der Waals surface area contributed by atoms with Gasteiger partial charge in [0.15, 0.2) is 16.6 Å². The molecule has 29 heavy (non-hydrogen) atoms. The molecule has 0 spiro atoms. The molecule has 0 aliphatic carbocycles. The van der Waals surface area contributed by atoms with Crippen LogP contribution in [0.3, 0.4) is 0 Å². The summed E-state index contributed by atoms with van der Waals surface area (Å²) in [6.07, 6.45) is 7.40. The van der Waals surface area contributed by atoms with Crippen molar-refractivity contribution < 1.29 is 4.12 Å². The van der Waals surface area contributed by atoms with Crippen LogP contribution < -0.4 is 0 Å². The third kappa shape index (κ3) is 9.13. The highest BCUT2D eigenvalue weighted by atomic mass is 127. The summed E-state index contributed by atoms with van der Waals surface area (Å²) in [7, 11) is -3.41. The number of alkyl halides is 2. The van der Waals surface area contributed by atoms with Gasteiger partial charge in [-0.3, -0.25) is 0 Å². The number of halogens is 2. The minimum Gasteiger partial charge on any atom is -0.454 e. The third-order valence-corrected chi connectivity index (χ3v) is 23.6. The van der Waals surface area contributed by atoms with Crippen molar-refractivity contribution in [3.8, 4) is 0 Å². The molecule has 2 aromatic rings. The molecular weight excluding hydrogens is 614 g/mol. The highest BCUT2D eigenvalue weighted by Crippen LogP contribution is 2.32. The van der Waals surface area contributed by atoms with Gasteiger partial charge in [0.25, 0.3) is 0 Å². The van der Waals surface area contributed by atoms with Crippen molar-refractivity contribution in [1.82, 2.24) is 0 Å². The number of rotatable bonds is 12. The van der Waals surface area contributed by atoms with Gasteiger partial charge < -0.3 is 4.12 Å². The zero-order valence-electron chi connectivity index (χ0n) is 18.3. The quantitative estimate of drug-likeness (QED) is 0.128. The van der Waals surface area contributed by atoms with Crippen LogP contribution in [0, 0.1) is 0 Å². The van der Waals surface area contributed by atoms with Crippen molar-refractivity contribution in [1.29, 1.82) is 0 Å². The predicted octanol–water partition coefficient (Wildman–Crippen LogP) is 8.14. The van der Waals surface area contributed by atoms with Crippen LogP contribution >= 0.6 is 45.2 Å². The molecule has 0 fully saturated rings. The van der Waals surface area contributed by atoms with E-state index < -0.39 is 16.6 Å². The Hall–Kier alpha value is 0.294. The second kappa shape index (κ2) is 12.4. The van der Waals surface area contributed by atoms with Crippen molar-refractivity contribution >= 4 is 61.8 Å². The summed E-state index contributed by atoms with van der Waals surface area (Å²) in [6.45, 7) is 9.76. The van der Waals surface area contributed by atoms with Gasteiger partial charge in [-0.1, -0.05) is 106 Å². The molecule has 160 valence electrons. The van der Waals surface area contributed by atoms with E-state index in [-0.39, 0.29) is 0 Å². The first kappa shape index (κ1) is 25.6. The van der Waals surface area contributed by atoms with Crippen LogP contribution in [0.25, 0.3) is 0 Å². The Balaban J connectivity index is 1.78. The smallest absolute Gasteiger partial charge is 0.186 e. The lowest BCUT2D eigenvalue weighted by Crippen LogP contribution is -2.54. The van der Waals surface area contributed by atoms with Gasteiger partial charge in [0.05, 0.1) is 0 Å². The van der Waals surface area contributed by atoms with Gasteiger partial charge in [-0.15, -0.1) is 0 Å². The molecule has 1 nitrogen and oxygen atoms in total. The molecule has 0 saturated heterocycles. The molecule has 2 aromatic carbocycles. The SMILES string of the molecule is C[Si](C)(O[Si](C)(C)C(I)CCCc1ccccc1)C(I)CCCc1ccccc1. The Bertz CT molecular complexity index is 646. The molecule has 2 atom stereocenters. The van der Waals surface area contributed by atoms with E-state index in [4.69, 9.17) is 4.12 Å². The highest BCUT2D eigenvalue weighted by Gasteiger charge is 2.41. The molecule has 0 N–H and O–H groups in total. The molecule has 5 heteroatoms. The maximum absolute atomic E-state index is 7.02. The largest absolute Gasteiger partial charge is 0.454 e. The predicted molar refractivity (Wildman–Crippen MR) is 150 cm³/mol. The van der Waals surface area contributed by atoms with Crippen molar-refractivity contribution in [2.45, 2.75) is 71.8 Å². The fourth-order valence-corrected chi connectivity index (χ4v) is 15.2. The van der Waals surface area contributed by atoms with Crippen molar-refractivity contribution in [3.63, 3.8) is 0 Å². The molecule has 0 amide bonds. The van der Waals surface area contributed by atoms with Crippen molar-refractivity contribution in [3.05, 3.63) is 71.8 Å². The van der Waals surface area contributed by atoms with Crippen LogP contribution in [0.5, 0.6) is 0 Å². The fourth-order valence-electron chi connectivity index (χ4n) is 3.76. The van der Waals surface area contributed by atoms with E-state index in [1.807, 2.05) is 0 Å². The van der Waals surface area contributed by atoms with E-state index in [1.54, 1.807) is 0 Å². The summed E-state index contributed by atoms with van der Waals surface area (Å²) in [4.78, 5) is 0. The van der Waals surface area contributed by atoms with Gasteiger partial charge in [-0.25, -0.2) is 0 Å². The number of hydrogen-bond donors (Lipinski definition) is 0. The Morgan fingerprint density at radius 1 is 0.655 bits per heavy atom. The molecule has 0 saturated carbocycles. The van der Waals surface area contributed by atoms with Crippen LogP contribution in [0.1, 0.15) is 36.8 Å². The highest BCUT2D eigenvalue weighted by molar-refractivity contribution is 14.1. The normalized spacial score (nSPS) is 14.6. The minimum absolute atomic E-state index is 0.670. The van der Waals surface area contributed by atoms with E-state index in [9.17, 15) is 0 Å². The van der Waals surface area contributed by atoms with Gasteiger partial charge >= 0.3 is 0 Å². The fraction of sp³-hybridized carbons (Fsp3) is 0.500. The lowest BCUT2D eigenvalue weighted by Gasteiger charge is -2.39. The number of hydrogen-bond acceptors (Lipinski definition) is 1. The first-order valence-electron chi connectivity index (χ1n) is 10.8. The van der Waals surface area contributed by atoms with Crippen LogP contribution in [0.4, 0.5) is 0 Å². The topological polar surface area (TPSA) is 9.23 Å². The number of aryl methyl sites for hydroxylation is 2. The maximum atomic E-state index is 7.02. The zero-order chi connectivity index (χ0) is 21.3. The van der Waals surface area contributed by atoms with E-state index in [0.29, 0.717) is 7.10 Å². The van der Waals surface area contributed by atoms with Gasteiger partial charge in [-0.05, 0) is 75.8 Å². The standard InChI is InChI=1S/C24H36I2OSi2/c1-28(2,23(25)19-11-17-21-13-7-5-8-14-21)27-29(3,4)24(26)20-12-18-22-15-9-6-10-16-22/h5-10,13-16,23-24H,11-12,17-20H2,1-4H3. The first-order valence-corrected chi connectivity index (χ1v) is 19.2. The van der Waals surface area contributed by atoms with Gasteiger partial charge in [0.2, 0.25) is 0 Å². The Kier molecular flexibility index (Phi) is 10.9. The average Bonchev–Trinajstić information content (AvgIpc) is 2.68. The van der Waals surface area contributed by atoms with Gasteiger partial charge in [0, 0.05) is 7.10 Å². The van der Waals surface area contributed by atoms with E-state index in [1.165, 1.54) is 49.7 Å². The summed E-state index contributed by atoms with van der Waals surface area (Å²) in [5.74, 6) is 0. The van der Waals surface area contributed by atoms with E-state index in [0.717, 1.165) is 0 Å². The lowest BCUT2D eigenvalue weighted by molar-refractivity contribution is 0.524. The molecule has 0 heterocycles. The molecule has 0 aliphatic heterocycles. The van der Waals surface area contributed by atoms with Crippen LogP contribution in [0.15, 0.2) is 60.7 Å². The molecular formula is C24H36I2OSi2. The third-order valence-electron chi connectivity index (χ3n) is 5.57. The molecule has 0 bridgehead atoms. The van der Waals surface area contributed by atoms with E-state index >= 15 is 0 Å². The summed E-state index contributed by atoms with van der Waals surface area (Å²) in [6, 6.07) is 21.7. The second-order valence-corrected chi connectivity index (χ2v) is 23.0. The molecule has 0 radical (unpaired) electrons. The molecule has 2 unspecified atom stereocenters.